The number of benzene rings is 4. The molecule has 300 valence electrons. The predicted molar refractivity (Wildman–Crippen MR) is 224 cm³/mol. The lowest BCUT2D eigenvalue weighted by Gasteiger charge is -2.42. The van der Waals surface area contributed by atoms with Gasteiger partial charge in [-0.25, -0.2) is 4.79 Å². The lowest BCUT2D eigenvalue weighted by atomic mass is 9.89. The van der Waals surface area contributed by atoms with Gasteiger partial charge in [0.25, 0.3) is 0 Å². The largest absolute Gasteiger partial charge is 0.493 e. The molecule has 1 aliphatic carbocycles. The van der Waals surface area contributed by atoms with Crippen LogP contribution in [0, 0.1) is 19.8 Å². The van der Waals surface area contributed by atoms with Crippen LogP contribution in [0.4, 0.5) is 0 Å². The molecule has 0 spiro atoms. The van der Waals surface area contributed by atoms with Crippen molar-refractivity contribution < 1.29 is 28.9 Å². The van der Waals surface area contributed by atoms with Crippen LogP contribution in [0.25, 0.3) is 11.1 Å². The summed E-state index contributed by atoms with van der Waals surface area (Å²) in [5.41, 5.74) is 9.21. The average molecular weight is 780 g/mol. The second kappa shape index (κ2) is 17.4. The Hall–Kier alpha value is -5.67. The number of amides is 1. The smallest absolute Gasteiger partial charge is 0.326 e. The van der Waals surface area contributed by atoms with Crippen LogP contribution < -0.4 is 19.5 Å². The Kier molecular flexibility index (Phi) is 11.8. The minimum absolute atomic E-state index is 0.0726. The monoisotopic (exact) mass is 779 g/mol. The molecule has 0 radical (unpaired) electrons. The molecule has 58 heavy (non-hydrogen) atoms. The lowest BCUT2D eigenvalue weighted by molar-refractivity contribution is -0.143. The number of carbonyl (C=O) groups excluding carboxylic acids is 1. The Morgan fingerprint density at radius 2 is 1.67 bits per heavy atom. The van der Waals surface area contributed by atoms with Crippen LogP contribution in [0.5, 0.6) is 17.2 Å². The third kappa shape index (κ3) is 8.60. The molecular weight excluding hydrogens is 727 g/mol. The molecule has 9 nitrogen and oxygen atoms in total. The molecule has 8 rings (SSSR count). The summed E-state index contributed by atoms with van der Waals surface area (Å²) in [4.78, 5) is 33.7. The standard InChI is InChI=1S/C49H53N3O6/c1-4-43(36-12-6-5-7-13-36)52-28-39-27-46-45(57-30-47(58-46)37-18-20-40(21-19-37)56-29-34-10-8-9-11-34)26-38(39)25-44(52)48(53)51-42(49(54)55)24-33-14-16-35(17-15-33)41-22-23-50-32(3)31(41)2/h5-7,12-23,26-27,34,42-44,47H,4,8-11,24-25,28-30H2,1-3H3,(H,51,53)(H,54,55). The molecule has 2 N–H and O–H groups in total. The minimum Gasteiger partial charge on any atom is -0.493 e. The summed E-state index contributed by atoms with van der Waals surface area (Å²) >= 11 is 0. The third-order valence-corrected chi connectivity index (χ3v) is 12.4. The summed E-state index contributed by atoms with van der Waals surface area (Å²) in [6, 6.07) is 30.5. The normalized spacial score (nSPS) is 18.9. The van der Waals surface area contributed by atoms with Gasteiger partial charge in [0.05, 0.1) is 12.6 Å². The zero-order valence-electron chi connectivity index (χ0n) is 33.7. The number of ether oxygens (including phenoxy) is 3. The van der Waals surface area contributed by atoms with E-state index in [-0.39, 0.29) is 24.5 Å². The summed E-state index contributed by atoms with van der Waals surface area (Å²) in [5.74, 6) is 1.48. The maximum Gasteiger partial charge on any atom is 0.326 e. The first-order valence-electron chi connectivity index (χ1n) is 20.8. The number of aryl methyl sites for hydroxylation is 1. The number of fused-ring (bicyclic) bond motifs is 2. The van der Waals surface area contributed by atoms with Crippen molar-refractivity contribution in [1.29, 1.82) is 0 Å². The summed E-state index contributed by atoms with van der Waals surface area (Å²) < 4.78 is 19.0. The van der Waals surface area contributed by atoms with Crippen LogP contribution in [0.2, 0.25) is 0 Å². The predicted octanol–water partition coefficient (Wildman–Crippen LogP) is 9.14. The van der Waals surface area contributed by atoms with Gasteiger partial charge in [-0.1, -0.05) is 86.5 Å². The highest BCUT2D eigenvalue weighted by Gasteiger charge is 2.39. The Morgan fingerprint density at radius 3 is 2.40 bits per heavy atom. The molecule has 9 heteroatoms. The van der Waals surface area contributed by atoms with E-state index in [1.54, 1.807) is 6.20 Å². The maximum atomic E-state index is 14.4. The van der Waals surface area contributed by atoms with E-state index in [2.05, 4.69) is 59.4 Å². The van der Waals surface area contributed by atoms with Gasteiger partial charge in [0.1, 0.15) is 18.4 Å². The van der Waals surface area contributed by atoms with Gasteiger partial charge in [-0.2, -0.15) is 0 Å². The van der Waals surface area contributed by atoms with E-state index in [4.69, 9.17) is 14.2 Å². The molecule has 4 unspecified atom stereocenters. The Bertz CT molecular complexity index is 2220. The van der Waals surface area contributed by atoms with Gasteiger partial charge in [0, 0.05) is 30.9 Å². The Balaban J connectivity index is 1.00. The van der Waals surface area contributed by atoms with Crippen molar-refractivity contribution in [2.75, 3.05) is 13.2 Å². The van der Waals surface area contributed by atoms with Crippen molar-refractivity contribution in [3.63, 3.8) is 0 Å². The molecule has 4 aromatic carbocycles. The number of aromatic nitrogens is 1. The van der Waals surface area contributed by atoms with Gasteiger partial charge in [0.2, 0.25) is 5.91 Å². The van der Waals surface area contributed by atoms with E-state index in [0.29, 0.717) is 37.0 Å². The van der Waals surface area contributed by atoms with Gasteiger partial charge in [-0.05, 0) is 120 Å². The fraction of sp³-hybridized carbons (Fsp3) is 0.367. The molecular formula is C49H53N3O6. The first kappa shape index (κ1) is 39.2. The zero-order chi connectivity index (χ0) is 40.2. The molecule has 4 atom stereocenters. The highest BCUT2D eigenvalue weighted by atomic mass is 16.6. The number of rotatable bonds is 13. The summed E-state index contributed by atoms with van der Waals surface area (Å²) in [7, 11) is 0. The lowest BCUT2D eigenvalue weighted by Crippen LogP contribution is -2.55. The number of nitrogens with zero attached hydrogens (tertiary/aromatic N) is 2. The van der Waals surface area contributed by atoms with Crippen molar-refractivity contribution in [3.8, 4) is 28.4 Å². The average Bonchev–Trinajstić information content (AvgIpc) is 3.78. The number of carbonyl (C=O) groups is 2. The van der Waals surface area contributed by atoms with Crippen LogP contribution in [0.15, 0.2) is 103 Å². The topological polar surface area (TPSA) is 110 Å². The molecule has 5 aromatic rings. The van der Waals surface area contributed by atoms with E-state index in [9.17, 15) is 14.7 Å². The van der Waals surface area contributed by atoms with Crippen LogP contribution in [-0.4, -0.2) is 52.2 Å². The quantitative estimate of drug-likeness (QED) is 0.122. The second-order valence-corrected chi connectivity index (χ2v) is 16.1. The van der Waals surface area contributed by atoms with E-state index < -0.39 is 18.1 Å². The van der Waals surface area contributed by atoms with Crippen LogP contribution in [-0.2, 0) is 29.0 Å². The van der Waals surface area contributed by atoms with Crippen molar-refractivity contribution in [3.05, 3.63) is 142 Å². The van der Waals surface area contributed by atoms with Crippen molar-refractivity contribution >= 4 is 11.9 Å². The molecule has 1 saturated carbocycles. The van der Waals surface area contributed by atoms with Crippen molar-refractivity contribution in [2.24, 2.45) is 5.92 Å². The number of aliphatic carboxylic acids is 1. The van der Waals surface area contributed by atoms with Crippen LogP contribution in [0.1, 0.15) is 90.2 Å². The number of nitrogens with one attached hydrogen (secondary N) is 1. The van der Waals surface area contributed by atoms with Crippen molar-refractivity contribution in [1.82, 2.24) is 15.2 Å². The van der Waals surface area contributed by atoms with Gasteiger partial charge in [-0.15, -0.1) is 0 Å². The molecule has 1 aromatic heterocycles. The van der Waals surface area contributed by atoms with Gasteiger partial charge < -0.3 is 24.6 Å². The van der Waals surface area contributed by atoms with Gasteiger partial charge in [-0.3, -0.25) is 14.7 Å². The fourth-order valence-corrected chi connectivity index (χ4v) is 8.89. The van der Waals surface area contributed by atoms with Crippen molar-refractivity contribution in [2.45, 2.75) is 96.5 Å². The fourth-order valence-electron chi connectivity index (χ4n) is 8.89. The van der Waals surface area contributed by atoms with E-state index in [0.717, 1.165) is 69.0 Å². The minimum atomic E-state index is -1.10. The van der Waals surface area contributed by atoms with Crippen LogP contribution in [0.3, 0.4) is 0 Å². The molecule has 1 amide bonds. The molecule has 3 aliphatic rings. The summed E-state index contributed by atoms with van der Waals surface area (Å²) in [6.45, 7) is 7.78. The Labute approximate surface area is 341 Å². The highest BCUT2D eigenvalue weighted by molar-refractivity contribution is 5.87. The molecule has 3 heterocycles. The number of carboxylic acid groups (broad SMARTS) is 1. The van der Waals surface area contributed by atoms with E-state index in [1.807, 2.05) is 73.7 Å². The molecule has 0 bridgehead atoms. The van der Waals surface area contributed by atoms with Gasteiger partial charge >= 0.3 is 5.97 Å². The van der Waals surface area contributed by atoms with Crippen LogP contribution >= 0.6 is 0 Å². The second-order valence-electron chi connectivity index (χ2n) is 16.1. The maximum absolute atomic E-state index is 14.4. The molecule has 0 saturated heterocycles. The third-order valence-electron chi connectivity index (χ3n) is 12.4. The SMILES string of the molecule is CCC(c1ccccc1)N1Cc2cc3c(cc2CC1C(=O)NC(Cc1ccc(-c2ccnc(C)c2C)cc1)C(=O)O)OCC(c1ccc(OCC2CCCC2)cc1)O3. The van der Waals surface area contributed by atoms with E-state index >= 15 is 0 Å². The first-order chi connectivity index (χ1) is 28.2. The summed E-state index contributed by atoms with van der Waals surface area (Å²) in [5, 5.41) is 13.3. The van der Waals surface area contributed by atoms with E-state index in [1.165, 1.54) is 25.7 Å². The number of carboxylic acids is 1. The molecule has 2 aliphatic heterocycles. The number of hydrogen-bond donors (Lipinski definition) is 2. The highest BCUT2D eigenvalue weighted by Crippen LogP contribution is 2.43. The zero-order valence-corrected chi connectivity index (χ0v) is 33.7. The summed E-state index contributed by atoms with van der Waals surface area (Å²) in [6.07, 6.45) is 7.96. The van der Waals surface area contributed by atoms with Gasteiger partial charge in [0.15, 0.2) is 17.6 Å². The number of pyridine rings is 1. The Morgan fingerprint density at radius 1 is 0.931 bits per heavy atom. The number of hydrogen-bond acceptors (Lipinski definition) is 7. The first-order valence-corrected chi connectivity index (χ1v) is 20.8. The molecule has 1 fully saturated rings.